The summed E-state index contributed by atoms with van der Waals surface area (Å²) in [5, 5.41) is 4.10. The summed E-state index contributed by atoms with van der Waals surface area (Å²) in [7, 11) is 0. The van der Waals surface area contributed by atoms with E-state index >= 15 is 0 Å². The van der Waals surface area contributed by atoms with Crippen LogP contribution in [0, 0.1) is 0 Å². The van der Waals surface area contributed by atoms with Crippen molar-refractivity contribution in [2.75, 3.05) is 23.3 Å². The van der Waals surface area contributed by atoms with Gasteiger partial charge >= 0.3 is 6.03 Å². The number of nitrogens with one attached hydrogen (secondary N) is 1. The molecule has 1 fully saturated rings. The first-order valence-electron chi connectivity index (χ1n) is 7.96. The highest BCUT2D eigenvalue weighted by Crippen LogP contribution is 2.29. The maximum absolute atomic E-state index is 12.8. The van der Waals surface area contributed by atoms with E-state index in [0.29, 0.717) is 39.5 Å². The topological polar surface area (TPSA) is 52.7 Å². The molecule has 2 aromatic rings. The lowest BCUT2D eigenvalue weighted by Crippen LogP contribution is -2.58. The van der Waals surface area contributed by atoms with Crippen molar-refractivity contribution in [2.24, 2.45) is 0 Å². The summed E-state index contributed by atoms with van der Waals surface area (Å²) >= 11 is 17.9. The van der Waals surface area contributed by atoms with Crippen LogP contribution in [0.5, 0.6) is 0 Å². The van der Waals surface area contributed by atoms with Crippen molar-refractivity contribution < 1.29 is 9.59 Å². The van der Waals surface area contributed by atoms with Crippen LogP contribution < -0.4 is 10.2 Å². The van der Waals surface area contributed by atoms with Crippen molar-refractivity contribution in [3.63, 3.8) is 0 Å². The minimum absolute atomic E-state index is 0.184. The Balaban J connectivity index is 1.72. The van der Waals surface area contributed by atoms with Crippen LogP contribution in [0.3, 0.4) is 0 Å². The summed E-state index contributed by atoms with van der Waals surface area (Å²) in [5.74, 6) is -0.184. The van der Waals surface area contributed by atoms with Crippen LogP contribution in [0.15, 0.2) is 42.5 Å². The van der Waals surface area contributed by atoms with Crippen molar-refractivity contribution in [3.05, 3.63) is 57.5 Å². The van der Waals surface area contributed by atoms with Crippen molar-refractivity contribution in [1.82, 2.24) is 4.90 Å². The van der Waals surface area contributed by atoms with Crippen LogP contribution in [0.25, 0.3) is 0 Å². The minimum atomic E-state index is -0.614. The van der Waals surface area contributed by atoms with Gasteiger partial charge < -0.3 is 15.1 Å². The molecule has 0 unspecified atom stereocenters. The third-order valence-electron chi connectivity index (χ3n) is 4.21. The van der Waals surface area contributed by atoms with E-state index in [1.807, 2.05) is 0 Å². The molecule has 1 saturated heterocycles. The fourth-order valence-corrected chi connectivity index (χ4v) is 3.30. The van der Waals surface area contributed by atoms with Gasteiger partial charge in [0.15, 0.2) is 0 Å². The van der Waals surface area contributed by atoms with E-state index in [9.17, 15) is 9.59 Å². The molecule has 26 heavy (non-hydrogen) atoms. The third kappa shape index (κ3) is 3.90. The maximum atomic E-state index is 12.8. The summed E-state index contributed by atoms with van der Waals surface area (Å²) < 4.78 is 0. The highest BCUT2D eigenvalue weighted by molar-refractivity contribution is 6.42. The van der Waals surface area contributed by atoms with Crippen LogP contribution in [0.4, 0.5) is 16.2 Å². The molecule has 8 heteroatoms. The number of benzene rings is 2. The number of hydrogen-bond donors (Lipinski definition) is 1. The Bertz CT molecular complexity index is 859. The molecule has 0 spiro atoms. The molecule has 1 N–H and O–H groups in total. The molecular formula is C18H16Cl3N3O2. The largest absolute Gasteiger partial charge is 0.322 e. The van der Waals surface area contributed by atoms with Crippen LogP contribution in [-0.2, 0) is 4.79 Å². The van der Waals surface area contributed by atoms with Crippen LogP contribution >= 0.6 is 34.8 Å². The molecule has 0 aliphatic carbocycles. The Kier molecular flexibility index (Phi) is 5.61. The second-order valence-electron chi connectivity index (χ2n) is 5.90. The first-order valence-corrected chi connectivity index (χ1v) is 9.10. The Morgan fingerprint density at radius 2 is 1.85 bits per heavy atom. The second-order valence-corrected chi connectivity index (χ2v) is 7.15. The predicted molar refractivity (Wildman–Crippen MR) is 105 cm³/mol. The average Bonchev–Trinajstić information content (AvgIpc) is 2.60. The molecule has 0 saturated carbocycles. The molecule has 136 valence electrons. The summed E-state index contributed by atoms with van der Waals surface area (Å²) in [5.41, 5.74) is 1.24. The van der Waals surface area contributed by atoms with E-state index in [1.54, 1.807) is 54.3 Å². The van der Waals surface area contributed by atoms with Gasteiger partial charge in [-0.15, -0.1) is 0 Å². The Morgan fingerprint density at radius 1 is 1.08 bits per heavy atom. The van der Waals surface area contributed by atoms with Crippen LogP contribution in [0.1, 0.15) is 6.92 Å². The quantitative estimate of drug-likeness (QED) is 0.761. The van der Waals surface area contributed by atoms with Gasteiger partial charge in [0.25, 0.3) is 0 Å². The van der Waals surface area contributed by atoms with Crippen molar-refractivity contribution in [2.45, 2.75) is 13.0 Å². The lowest BCUT2D eigenvalue weighted by molar-refractivity contribution is -0.123. The van der Waals surface area contributed by atoms with Gasteiger partial charge in [-0.2, -0.15) is 0 Å². The smallest absolute Gasteiger partial charge is 0.311 e. The van der Waals surface area contributed by atoms with Gasteiger partial charge in [-0.25, -0.2) is 4.79 Å². The van der Waals surface area contributed by atoms with Gasteiger partial charge in [0, 0.05) is 29.5 Å². The highest BCUT2D eigenvalue weighted by Gasteiger charge is 2.35. The van der Waals surface area contributed by atoms with E-state index in [1.165, 1.54) is 4.90 Å². The monoisotopic (exact) mass is 411 g/mol. The predicted octanol–water partition coefficient (Wildman–Crippen LogP) is 4.92. The van der Waals surface area contributed by atoms with Crippen molar-refractivity contribution >= 4 is 58.1 Å². The Morgan fingerprint density at radius 3 is 2.54 bits per heavy atom. The molecule has 3 amide bonds. The van der Waals surface area contributed by atoms with Crippen molar-refractivity contribution in [1.29, 1.82) is 0 Å². The highest BCUT2D eigenvalue weighted by atomic mass is 35.5. The summed E-state index contributed by atoms with van der Waals surface area (Å²) in [4.78, 5) is 28.4. The number of piperazine rings is 1. The second kappa shape index (κ2) is 7.74. The summed E-state index contributed by atoms with van der Waals surface area (Å²) in [6, 6.07) is 10.9. The first kappa shape index (κ1) is 18.8. The number of amides is 3. The van der Waals surface area contributed by atoms with Crippen LogP contribution in [0.2, 0.25) is 15.1 Å². The summed E-state index contributed by atoms with van der Waals surface area (Å²) in [6.45, 7) is 2.45. The molecule has 0 radical (unpaired) electrons. The Labute approximate surface area is 166 Å². The molecule has 0 aromatic heterocycles. The van der Waals surface area contributed by atoms with Gasteiger partial charge in [0.05, 0.1) is 10.0 Å². The van der Waals surface area contributed by atoms with Gasteiger partial charge in [0.1, 0.15) is 6.04 Å². The number of carbonyl (C=O) groups excluding carboxylic acids is 2. The zero-order chi connectivity index (χ0) is 18.8. The number of hydrogen-bond acceptors (Lipinski definition) is 2. The number of urea groups is 1. The fraction of sp³-hybridized carbons (Fsp3) is 0.222. The molecule has 0 bridgehead atoms. The van der Waals surface area contributed by atoms with Crippen molar-refractivity contribution in [3.8, 4) is 0 Å². The lowest BCUT2D eigenvalue weighted by Gasteiger charge is -2.39. The SMILES string of the molecule is C[C@@H]1C(=O)N(c2ccc(Cl)c(Cl)c2)CCN1C(=O)Nc1cccc(Cl)c1. The molecule has 1 heterocycles. The van der Waals surface area contributed by atoms with E-state index in [2.05, 4.69) is 5.32 Å². The molecule has 5 nitrogen and oxygen atoms in total. The number of carbonyl (C=O) groups is 2. The van der Waals surface area contributed by atoms with Gasteiger partial charge in [-0.1, -0.05) is 40.9 Å². The average molecular weight is 413 g/mol. The zero-order valence-electron chi connectivity index (χ0n) is 13.9. The van der Waals surface area contributed by atoms with E-state index in [4.69, 9.17) is 34.8 Å². The lowest BCUT2D eigenvalue weighted by atomic mass is 10.1. The molecule has 1 atom stereocenters. The van der Waals surface area contributed by atoms with Crippen LogP contribution in [-0.4, -0.2) is 36.0 Å². The van der Waals surface area contributed by atoms with Gasteiger partial charge in [-0.3, -0.25) is 4.79 Å². The van der Waals surface area contributed by atoms with E-state index in [0.717, 1.165) is 0 Å². The fourth-order valence-electron chi connectivity index (χ4n) is 2.82. The van der Waals surface area contributed by atoms with E-state index < -0.39 is 6.04 Å². The molecule has 2 aromatic carbocycles. The molecule has 1 aliphatic heterocycles. The third-order valence-corrected chi connectivity index (χ3v) is 5.18. The van der Waals surface area contributed by atoms with Gasteiger partial charge in [-0.05, 0) is 43.3 Å². The number of anilines is 2. The molecule has 1 aliphatic rings. The minimum Gasteiger partial charge on any atom is -0.311 e. The van der Waals surface area contributed by atoms with E-state index in [-0.39, 0.29) is 11.9 Å². The zero-order valence-corrected chi connectivity index (χ0v) is 16.1. The first-order chi connectivity index (χ1) is 12.4. The standard InChI is InChI=1S/C18H16Cl3N3O2/c1-11-17(25)24(14-5-6-15(20)16(21)10-14)8-7-23(11)18(26)22-13-4-2-3-12(19)9-13/h2-6,9-11H,7-8H2,1H3,(H,22,26)/t11-/m1/s1. The number of rotatable bonds is 2. The summed E-state index contributed by atoms with van der Waals surface area (Å²) in [6.07, 6.45) is 0. The molecule has 3 rings (SSSR count). The number of nitrogens with zero attached hydrogens (tertiary/aromatic N) is 2. The maximum Gasteiger partial charge on any atom is 0.322 e. The normalized spacial score (nSPS) is 17.4. The van der Waals surface area contributed by atoms with Gasteiger partial charge in [0.2, 0.25) is 5.91 Å². The number of halogens is 3. The Hall–Kier alpha value is -1.95. The molecular weight excluding hydrogens is 397 g/mol.